The molecule has 0 atom stereocenters. The second-order valence-corrected chi connectivity index (χ2v) is 3.29. The molecule has 0 aliphatic heterocycles. The van der Waals surface area contributed by atoms with Gasteiger partial charge in [0.1, 0.15) is 17.3 Å². The molecule has 0 unspecified atom stereocenters. The minimum atomic E-state index is -0.268. The predicted octanol–water partition coefficient (Wildman–Crippen LogP) is 3.09. The van der Waals surface area contributed by atoms with E-state index in [0.29, 0.717) is 11.5 Å². The third-order valence-corrected chi connectivity index (χ3v) is 2.14. The van der Waals surface area contributed by atoms with E-state index in [1.807, 2.05) is 6.07 Å². The Morgan fingerprint density at radius 3 is 2.56 bits per heavy atom. The van der Waals surface area contributed by atoms with Crippen LogP contribution >= 0.6 is 0 Å². The molecule has 0 aliphatic rings. The van der Waals surface area contributed by atoms with E-state index in [1.54, 1.807) is 30.4 Å². The van der Waals surface area contributed by atoms with Crippen molar-refractivity contribution in [2.24, 2.45) is 0 Å². The number of benzene rings is 1. The first-order chi connectivity index (χ1) is 7.79. The molecule has 0 radical (unpaired) electrons. The van der Waals surface area contributed by atoms with Crippen molar-refractivity contribution < 1.29 is 13.9 Å². The molecule has 1 N–H and O–H groups in total. The van der Waals surface area contributed by atoms with Crippen LogP contribution in [0.3, 0.4) is 0 Å². The van der Waals surface area contributed by atoms with E-state index < -0.39 is 0 Å². The van der Waals surface area contributed by atoms with Gasteiger partial charge in [0.05, 0.1) is 6.61 Å². The summed E-state index contributed by atoms with van der Waals surface area (Å²) in [6.07, 6.45) is 3.28. The van der Waals surface area contributed by atoms with Crippen LogP contribution in [0.1, 0.15) is 5.76 Å². The zero-order chi connectivity index (χ0) is 11.4. The molecule has 0 saturated carbocycles. The third kappa shape index (κ3) is 2.38. The van der Waals surface area contributed by atoms with Gasteiger partial charge in [0.15, 0.2) is 0 Å². The highest BCUT2D eigenvalue weighted by molar-refractivity contribution is 5.59. The highest BCUT2D eigenvalue weighted by Gasteiger charge is 2.02. The Labute approximate surface area is 92.6 Å². The van der Waals surface area contributed by atoms with Gasteiger partial charge in [0.2, 0.25) is 0 Å². The SMILES string of the molecule is OCC=Cc1ccc(-c2ccc(F)cc2)o1. The first kappa shape index (κ1) is 10.6. The molecular formula is C13H11FO2. The number of aliphatic hydroxyl groups is 1. The molecule has 3 heteroatoms. The summed E-state index contributed by atoms with van der Waals surface area (Å²) < 4.78 is 18.2. The molecule has 0 aliphatic carbocycles. The van der Waals surface area contributed by atoms with Crippen LogP contribution in [0.2, 0.25) is 0 Å². The normalized spacial score (nSPS) is 11.1. The van der Waals surface area contributed by atoms with Crippen molar-refractivity contribution in [1.29, 1.82) is 0 Å². The van der Waals surface area contributed by atoms with Gasteiger partial charge in [-0.2, -0.15) is 0 Å². The number of halogens is 1. The van der Waals surface area contributed by atoms with Crippen LogP contribution in [0, 0.1) is 5.82 Å². The minimum Gasteiger partial charge on any atom is -0.457 e. The average Bonchev–Trinajstić information content (AvgIpc) is 2.76. The molecule has 2 nitrogen and oxygen atoms in total. The number of hydrogen-bond donors (Lipinski definition) is 1. The van der Waals surface area contributed by atoms with Gasteiger partial charge >= 0.3 is 0 Å². The molecule has 0 amide bonds. The lowest BCUT2D eigenvalue weighted by atomic mass is 10.2. The number of rotatable bonds is 3. The van der Waals surface area contributed by atoms with Crippen molar-refractivity contribution in [3.63, 3.8) is 0 Å². The van der Waals surface area contributed by atoms with E-state index in [2.05, 4.69) is 0 Å². The van der Waals surface area contributed by atoms with Gasteiger partial charge in [-0.15, -0.1) is 0 Å². The van der Waals surface area contributed by atoms with Crippen molar-refractivity contribution in [2.75, 3.05) is 6.61 Å². The molecule has 82 valence electrons. The van der Waals surface area contributed by atoms with Gasteiger partial charge in [-0.25, -0.2) is 4.39 Å². The Morgan fingerprint density at radius 2 is 1.88 bits per heavy atom. The minimum absolute atomic E-state index is 0.0212. The molecule has 2 aromatic rings. The summed E-state index contributed by atoms with van der Waals surface area (Å²) in [4.78, 5) is 0. The molecule has 0 bridgehead atoms. The van der Waals surface area contributed by atoms with Crippen LogP contribution in [0.5, 0.6) is 0 Å². The number of aliphatic hydroxyl groups excluding tert-OH is 1. The lowest BCUT2D eigenvalue weighted by molar-refractivity contribution is 0.343. The summed E-state index contributed by atoms with van der Waals surface area (Å²) in [7, 11) is 0. The lowest BCUT2D eigenvalue weighted by Crippen LogP contribution is -1.75. The molecule has 1 heterocycles. The van der Waals surface area contributed by atoms with Crippen LogP contribution < -0.4 is 0 Å². The van der Waals surface area contributed by atoms with Gasteiger partial charge < -0.3 is 9.52 Å². The van der Waals surface area contributed by atoms with E-state index in [-0.39, 0.29) is 12.4 Å². The standard InChI is InChI=1S/C13H11FO2/c14-11-5-3-10(4-6-11)13-8-7-12(16-13)2-1-9-15/h1-8,15H,9H2. The average molecular weight is 218 g/mol. The fourth-order valence-electron chi connectivity index (χ4n) is 1.38. The Bertz CT molecular complexity index is 483. The van der Waals surface area contributed by atoms with Gasteiger partial charge in [-0.3, -0.25) is 0 Å². The second kappa shape index (κ2) is 4.77. The fourth-order valence-corrected chi connectivity index (χ4v) is 1.38. The van der Waals surface area contributed by atoms with Crippen molar-refractivity contribution in [1.82, 2.24) is 0 Å². The van der Waals surface area contributed by atoms with E-state index in [1.165, 1.54) is 12.1 Å². The summed E-state index contributed by atoms with van der Waals surface area (Å²) in [6.45, 7) is -0.0212. The summed E-state index contributed by atoms with van der Waals surface area (Å²) in [5.74, 6) is 1.07. The highest BCUT2D eigenvalue weighted by Crippen LogP contribution is 2.22. The van der Waals surface area contributed by atoms with E-state index in [9.17, 15) is 4.39 Å². The van der Waals surface area contributed by atoms with Gasteiger partial charge in [0.25, 0.3) is 0 Å². The third-order valence-electron chi connectivity index (χ3n) is 2.14. The summed E-state index contributed by atoms with van der Waals surface area (Å²) in [5, 5.41) is 8.61. The monoisotopic (exact) mass is 218 g/mol. The molecule has 0 fully saturated rings. The van der Waals surface area contributed by atoms with Crippen molar-refractivity contribution >= 4 is 6.08 Å². The quantitative estimate of drug-likeness (QED) is 0.858. The Hall–Kier alpha value is -1.87. The van der Waals surface area contributed by atoms with Gasteiger partial charge in [-0.1, -0.05) is 6.08 Å². The maximum atomic E-state index is 12.7. The van der Waals surface area contributed by atoms with Gasteiger partial charge in [-0.05, 0) is 42.5 Å². The molecule has 2 rings (SSSR count). The molecule has 1 aromatic carbocycles. The lowest BCUT2D eigenvalue weighted by Gasteiger charge is -1.95. The molecular weight excluding hydrogens is 207 g/mol. The molecule has 1 aromatic heterocycles. The Balaban J connectivity index is 2.24. The van der Waals surface area contributed by atoms with Crippen LogP contribution in [0.4, 0.5) is 4.39 Å². The zero-order valence-corrected chi connectivity index (χ0v) is 8.56. The van der Waals surface area contributed by atoms with E-state index >= 15 is 0 Å². The van der Waals surface area contributed by atoms with Crippen LogP contribution in [-0.2, 0) is 0 Å². The molecule has 16 heavy (non-hydrogen) atoms. The summed E-state index contributed by atoms with van der Waals surface area (Å²) >= 11 is 0. The van der Waals surface area contributed by atoms with Crippen molar-refractivity contribution in [2.45, 2.75) is 0 Å². The van der Waals surface area contributed by atoms with Crippen LogP contribution in [-0.4, -0.2) is 11.7 Å². The Morgan fingerprint density at radius 1 is 1.12 bits per heavy atom. The number of furan rings is 1. The van der Waals surface area contributed by atoms with Crippen LogP contribution in [0.15, 0.2) is 46.9 Å². The maximum absolute atomic E-state index is 12.7. The highest BCUT2D eigenvalue weighted by atomic mass is 19.1. The fraction of sp³-hybridized carbons (Fsp3) is 0.0769. The van der Waals surface area contributed by atoms with E-state index in [0.717, 1.165) is 5.56 Å². The largest absolute Gasteiger partial charge is 0.457 e. The van der Waals surface area contributed by atoms with Crippen molar-refractivity contribution in [3.05, 3.63) is 54.1 Å². The van der Waals surface area contributed by atoms with Gasteiger partial charge in [0, 0.05) is 5.56 Å². The molecule has 0 saturated heterocycles. The summed E-state index contributed by atoms with van der Waals surface area (Å²) in [6, 6.07) is 9.71. The Kier molecular flexibility index (Phi) is 3.17. The van der Waals surface area contributed by atoms with E-state index in [4.69, 9.17) is 9.52 Å². The van der Waals surface area contributed by atoms with Crippen LogP contribution in [0.25, 0.3) is 17.4 Å². The number of hydrogen-bond acceptors (Lipinski definition) is 2. The van der Waals surface area contributed by atoms with Crippen molar-refractivity contribution in [3.8, 4) is 11.3 Å². The first-order valence-corrected chi connectivity index (χ1v) is 4.93. The first-order valence-electron chi connectivity index (χ1n) is 4.93. The molecule has 0 spiro atoms. The topological polar surface area (TPSA) is 33.4 Å². The predicted molar refractivity (Wildman–Crippen MR) is 60.2 cm³/mol. The smallest absolute Gasteiger partial charge is 0.134 e. The zero-order valence-electron chi connectivity index (χ0n) is 8.56. The second-order valence-electron chi connectivity index (χ2n) is 3.29. The summed E-state index contributed by atoms with van der Waals surface area (Å²) in [5.41, 5.74) is 0.824. The maximum Gasteiger partial charge on any atom is 0.134 e.